The molecule has 0 radical (unpaired) electrons. The zero-order valence-corrected chi connectivity index (χ0v) is 10.7. The highest BCUT2D eigenvalue weighted by Gasteiger charge is 2.28. The molecule has 0 saturated carbocycles. The normalized spacial score (nSPS) is 19.6. The molecular formula is C11H17F3N4O. The van der Waals surface area contributed by atoms with Crippen LogP contribution in [0, 0.1) is 0 Å². The smallest absolute Gasteiger partial charge is 0.338 e. The fourth-order valence-corrected chi connectivity index (χ4v) is 2.02. The van der Waals surface area contributed by atoms with Crippen molar-refractivity contribution in [3.05, 3.63) is 11.7 Å². The third-order valence-corrected chi connectivity index (χ3v) is 3.17. The van der Waals surface area contributed by atoms with Crippen LogP contribution in [-0.4, -0.2) is 47.4 Å². The van der Waals surface area contributed by atoms with Crippen molar-refractivity contribution in [2.24, 2.45) is 0 Å². The van der Waals surface area contributed by atoms with Crippen LogP contribution in [-0.2, 0) is 6.42 Å². The molecule has 1 aliphatic heterocycles. The fourth-order valence-electron chi connectivity index (χ4n) is 2.02. The molecule has 5 nitrogen and oxygen atoms in total. The summed E-state index contributed by atoms with van der Waals surface area (Å²) >= 11 is 0. The average molecular weight is 278 g/mol. The lowest BCUT2D eigenvalue weighted by Gasteiger charge is -2.30. The summed E-state index contributed by atoms with van der Waals surface area (Å²) in [5.74, 6) is 0.508. The highest BCUT2D eigenvalue weighted by molar-refractivity contribution is 4.93. The van der Waals surface area contributed by atoms with Crippen LogP contribution in [0.15, 0.2) is 4.52 Å². The van der Waals surface area contributed by atoms with Gasteiger partial charge in [0, 0.05) is 32.6 Å². The van der Waals surface area contributed by atoms with Crippen molar-refractivity contribution in [2.75, 3.05) is 26.2 Å². The van der Waals surface area contributed by atoms with E-state index in [1.54, 1.807) is 0 Å². The van der Waals surface area contributed by atoms with Gasteiger partial charge in [-0.15, -0.1) is 0 Å². The van der Waals surface area contributed by atoms with Gasteiger partial charge in [0.2, 0.25) is 5.89 Å². The summed E-state index contributed by atoms with van der Waals surface area (Å²) in [5, 5.41) is 6.84. The van der Waals surface area contributed by atoms with Gasteiger partial charge in [-0.25, -0.2) is 0 Å². The van der Waals surface area contributed by atoms with Crippen LogP contribution in [0.3, 0.4) is 0 Å². The number of halogens is 3. The molecule has 0 amide bonds. The molecule has 2 rings (SSSR count). The van der Waals surface area contributed by atoms with Crippen molar-refractivity contribution in [1.29, 1.82) is 0 Å². The van der Waals surface area contributed by atoms with E-state index in [9.17, 15) is 13.2 Å². The summed E-state index contributed by atoms with van der Waals surface area (Å²) in [6.45, 7) is 5.42. The first-order valence-electron chi connectivity index (χ1n) is 6.30. The van der Waals surface area contributed by atoms with Gasteiger partial charge in [0.15, 0.2) is 5.82 Å². The third kappa shape index (κ3) is 4.17. The van der Waals surface area contributed by atoms with Crippen molar-refractivity contribution < 1.29 is 17.7 Å². The molecular weight excluding hydrogens is 261 g/mol. The zero-order valence-electron chi connectivity index (χ0n) is 10.7. The second-order valence-corrected chi connectivity index (χ2v) is 4.63. The minimum absolute atomic E-state index is 0.0609. The number of nitrogens with one attached hydrogen (secondary N) is 1. The maximum atomic E-state index is 12.1. The summed E-state index contributed by atoms with van der Waals surface area (Å²) in [6.07, 6.45) is -5.35. The molecule has 0 bridgehead atoms. The van der Waals surface area contributed by atoms with Crippen molar-refractivity contribution >= 4 is 0 Å². The van der Waals surface area contributed by atoms with E-state index in [2.05, 4.69) is 20.4 Å². The highest BCUT2D eigenvalue weighted by atomic mass is 19.4. The lowest BCUT2D eigenvalue weighted by molar-refractivity contribution is -0.134. The van der Waals surface area contributed by atoms with Crippen molar-refractivity contribution in [1.82, 2.24) is 20.4 Å². The van der Waals surface area contributed by atoms with Gasteiger partial charge < -0.3 is 9.84 Å². The Kier molecular flexibility index (Phi) is 4.41. The van der Waals surface area contributed by atoms with Gasteiger partial charge in [0.25, 0.3) is 0 Å². The summed E-state index contributed by atoms with van der Waals surface area (Å²) in [7, 11) is 0. The van der Waals surface area contributed by atoms with Crippen LogP contribution >= 0.6 is 0 Å². The summed E-state index contributed by atoms with van der Waals surface area (Å²) in [6, 6.07) is -0.0609. The first kappa shape index (κ1) is 14.3. The Labute approximate surface area is 109 Å². The van der Waals surface area contributed by atoms with Crippen LogP contribution in [0.25, 0.3) is 0 Å². The van der Waals surface area contributed by atoms with Gasteiger partial charge in [0.1, 0.15) is 0 Å². The predicted octanol–water partition coefficient (Wildman–Crippen LogP) is 1.53. The number of nitrogens with zero attached hydrogens (tertiary/aromatic N) is 3. The summed E-state index contributed by atoms with van der Waals surface area (Å²) in [5.41, 5.74) is 0. The number of aryl methyl sites for hydroxylation is 1. The van der Waals surface area contributed by atoms with Gasteiger partial charge in [-0.2, -0.15) is 18.2 Å². The molecule has 1 aliphatic rings. The molecule has 1 atom stereocenters. The molecule has 2 heterocycles. The molecule has 1 aromatic heterocycles. The molecule has 0 spiro atoms. The van der Waals surface area contributed by atoms with Crippen LogP contribution in [0.5, 0.6) is 0 Å². The van der Waals surface area contributed by atoms with E-state index in [0.29, 0.717) is 5.89 Å². The van der Waals surface area contributed by atoms with E-state index in [0.717, 1.165) is 26.2 Å². The number of hydrogen-bond donors (Lipinski definition) is 1. The van der Waals surface area contributed by atoms with Crippen molar-refractivity contribution in [2.45, 2.75) is 32.0 Å². The third-order valence-electron chi connectivity index (χ3n) is 3.17. The standard InChI is InChI=1S/C11H17F3N4O/c1-8(18-6-4-15-5-7-18)10-16-9(17-19-10)2-3-11(12,13)14/h8,15H,2-7H2,1H3. The maximum absolute atomic E-state index is 12.1. The summed E-state index contributed by atoms with van der Waals surface area (Å²) in [4.78, 5) is 6.21. The Bertz CT molecular complexity index is 401. The Morgan fingerprint density at radius 3 is 2.68 bits per heavy atom. The van der Waals surface area contributed by atoms with Crippen molar-refractivity contribution in [3.63, 3.8) is 0 Å². The van der Waals surface area contributed by atoms with Crippen LogP contribution in [0.4, 0.5) is 13.2 Å². The Hall–Kier alpha value is -1.15. The lowest BCUT2D eigenvalue weighted by atomic mass is 10.2. The number of hydrogen-bond acceptors (Lipinski definition) is 5. The Morgan fingerprint density at radius 1 is 1.37 bits per heavy atom. The lowest BCUT2D eigenvalue weighted by Crippen LogP contribution is -2.44. The molecule has 0 aromatic carbocycles. The van der Waals surface area contributed by atoms with Gasteiger partial charge in [-0.05, 0) is 6.92 Å². The van der Waals surface area contributed by atoms with E-state index in [1.165, 1.54) is 0 Å². The van der Waals surface area contributed by atoms with Crippen LogP contribution < -0.4 is 5.32 Å². The molecule has 1 saturated heterocycles. The van der Waals surface area contributed by atoms with Gasteiger partial charge in [0.05, 0.1) is 12.5 Å². The maximum Gasteiger partial charge on any atom is 0.389 e. The highest BCUT2D eigenvalue weighted by Crippen LogP contribution is 2.23. The monoisotopic (exact) mass is 278 g/mol. The number of rotatable bonds is 4. The second-order valence-electron chi connectivity index (χ2n) is 4.63. The molecule has 19 heavy (non-hydrogen) atoms. The molecule has 1 fully saturated rings. The topological polar surface area (TPSA) is 54.2 Å². The van der Waals surface area contributed by atoms with E-state index in [1.807, 2.05) is 6.92 Å². The number of alkyl halides is 3. The predicted molar refractivity (Wildman–Crippen MR) is 61.5 cm³/mol. The number of piperazine rings is 1. The minimum atomic E-state index is -4.19. The molecule has 8 heteroatoms. The van der Waals surface area contributed by atoms with Gasteiger partial charge >= 0.3 is 6.18 Å². The molecule has 108 valence electrons. The largest absolute Gasteiger partial charge is 0.389 e. The molecule has 0 aliphatic carbocycles. The SMILES string of the molecule is CC(c1nc(CCC(F)(F)F)no1)N1CCNCC1. The summed E-state index contributed by atoms with van der Waals surface area (Å²) < 4.78 is 41.3. The zero-order chi connectivity index (χ0) is 13.9. The first-order chi connectivity index (χ1) is 8.96. The van der Waals surface area contributed by atoms with Gasteiger partial charge in [-0.1, -0.05) is 5.16 Å². The molecule has 1 N–H and O–H groups in total. The fraction of sp³-hybridized carbons (Fsp3) is 0.818. The minimum Gasteiger partial charge on any atom is -0.338 e. The van der Waals surface area contributed by atoms with E-state index in [4.69, 9.17) is 4.52 Å². The first-order valence-corrected chi connectivity index (χ1v) is 6.30. The second kappa shape index (κ2) is 5.87. The molecule has 1 unspecified atom stereocenters. The Balaban J connectivity index is 1.92. The number of aromatic nitrogens is 2. The Morgan fingerprint density at radius 2 is 2.05 bits per heavy atom. The average Bonchev–Trinajstić information content (AvgIpc) is 2.84. The van der Waals surface area contributed by atoms with E-state index in [-0.39, 0.29) is 18.3 Å². The quantitative estimate of drug-likeness (QED) is 0.905. The van der Waals surface area contributed by atoms with Crippen molar-refractivity contribution in [3.8, 4) is 0 Å². The van der Waals surface area contributed by atoms with Crippen LogP contribution in [0.2, 0.25) is 0 Å². The van der Waals surface area contributed by atoms with E-state index < -0.39 is 12.6 Å². The van der Waals surface area contributed by atoms with E-state index >= 15 is 0 Å². The van der Waals surface area contributed by atoms with Gasteiger partial charge in [-0.3, -0.25) is 4.90 Å². The molecule has 1 aromatic rings. The van der Waals surface area contributed by atoms with Crippen LogP contribution in [0.1, 0.15) is 31.1 Å².